The number of nitrogens with two attached hydrogens (primary N) is 1. The van der Waals surface area contributed by atoms with Gasteiger partial charge < -0.3 is 15.7 Å². The number of hydrogen-bond acceptors (Lipinski definition) is 6. The molecule has 3 rings (SSSR count). The predicted molar refractivity (Wildman–Crippen MR) is 96.6 cm³/mol. The standard InChI is InChI=1S/C17H24N6O2/c1-17(2,3)23(16(24)25)11-5-4-8-22(9-11)13-7-6-12-14(21-13)15(18)20-10-19-12/h6-7,10-11H,4-5,8-9H2,1-3H3,(H,24,25)(H2,18,19,20)/t11-/m0/s1. The van der Waals surface area contributed by atoms with Gasteiger partial charge in [-0.3, -0.25) is 4.90 Å². The molecule has 0 aliphatic carbocycles. The highest BCUT2D eigenvalue weighted by atomic mass is 16.4. The van der Waals surface area contributed by atoms with Crippen LogP contribution < -0.4 is 10.6 Å². The zero-order chi connectivity index (χ0) is 18.2. The lowest BCUT2D eigenvalue weighted by atomic mass is 9.97. The average molecular weight is 344 g/mol. The normalized spacial score (nSPS) is 18.4. The van der Waals surface area contributed by atoms with Gasteiger partial charge in [0.05, 0.1) is 11.6 Å². The summed E-state index contributed by atoms with van der Waals surface area (Å²) >= 11 is 0. The van der Waals surface area contributed by atoms with E-state index in [9.17, 15) is 9.90 Å². The van der Waals surface area contributed by atoms with E-state index in [1.807, 2.05) is 32.9 Å². The Morgan fingerprint density at radius 1 is 1.36 bits per heavy atom. The molecule has 8 nitrogen and oxygen atoms in total. The summed E-state index contributed by atoms with van der Waals surface area (Å²) in [6.07, 6.45) is 2.29. The van der Waals surface area contributed by atoms with Crippen molar-refractivity contribution in [3.05, 3.63) is 18.5 Å². The minimum absolute atomic E-state index is 0.0758. The average Bonchev–Trinajstić information content (AvgIpc) is 2.53. The number of rotatable bonds is 2. The Bertz CT molecular complexity index is 788. The number of anilines is 2. The molecule has 1 aliphatic rings. The van der Waals surface area contributed by atoms with Gasteiger partial charge in [-0.2, -0.15) is 0 Å². The zero-order valence-corrected chi connectivity index (χ0v) is 14.8. The van der Waals surface area contributed by atoms with Crippen LogP contribution in [0, 0.1) is 0 Å². The Kier molecular flexibility index (Phi) is 4.36. The summed E-state index contributed by atoms with van der Waals surface area (Å²) in [5.41, 5.74) is 6.74. The molecule has 1 amide bonds. The molecule has 0 saturated carbocycles. The van der Waals surface area contributed by atoms with Gasteiger partial charge in [-0.15, -0.1) is 0 Å². The van der Waals surface area contributed by atoms with E-state index < -0.39 is 11.6 Å². The maximum Gasteiger partial charge on any atom is 0.408 e. The molecule has 0 unspecified atom stereocenters. The second kappa shape index (κ2) is 6.34. The molecule has 2 aromatic rings. The summed E-state index contributed by atoms with van der Waals surface area (Å²) in [6.45, 7) is 7.21. The maximum atomic E-state index is 11.8. The van der Waals surface area contributed by atoms with Crippen molar-refractivity contribution in [1.29, 1.82) is 0 Å². The van der Waals surface area contributed by atoms with Gasteiger partial charge in [-0.25, -0.2) is 19.7 Å². The van der Waals surface area contributed by atoms with Crippen molar-refractivity contribution in [2.24, 2.45) is 0 Å². The van der Waals surface area contributed by atoms with Crippen molar-refractivity contribution in [1.82, 2.24) is 19.9 Å². The molecule has 1 atom stereocenters. The number of carboxylic acid groups (broad SMARTS) is 1. The van der Waals surface area contributed by atoms with Crippen molar-refractivity contribution < 1.29 is 9.90 Å². The Hall–Kier alpha value is -2.64. The third-order valence-electron chi connectivity index (χ3n) is 4.51. The molecule has 1 saturated heterocycles. The first-order valence-corrected chi connectivity index (χ1v) is 8.42. The highest BCUT2D eigenvalue weighted by Crippen LogP contribution is 2.27. The molecule has 25 heavy (non-hydrogen) atoms. The third kappa shape index (κ3) is 3.42. The van der Waals surface area contributed by atoms with Gasteiger partial charge in [0, 0.05) is 18.6 Å². The van der Waals surface area contributed by atoms with Crippen LogP contribution in [0.3, 0.4) is 0 Å². The lowest BCUT2D eigenvalue weighted by Crippen LogP contribution is -2.57. The fourth-order valence-corrected chi connectivity index (χ4v) is 3.49. The Morgan fingerprint density at radius 3 is 2.80 bits per heavy atom. The number of nitrogens with zero attached hydrogens (tertiary/aromatic N) is 5. The molecule has 0 radical (unpaired) electrons. The fraction of sp³-hybridized carbons (Fsp3) is 0.529. The van der Waals surface area contributed by atoms with Gasteiger partial charge in [0.15, 0.2) is 5.82 Å². The van der Waals surface area contributed by atoms with Crippen LogP contribution in [0.15, 0.2) is 18.5 Å². The first-order chi connectivity index (χ1) is 11.8. The van der Waals surface area contributed by atoms with Gasteiger partial charge in [0.2, 0.25) is 0 Å². The molecule has 134 valence electrons. The molecule has 3 heterocycles. The van der Waals surface area contributed by atoms with E-state index in [0.29, 0.717) is 23.4 Å². The maximum absolute atomic E-state index is 11.8. The minimum atomic E-state index is -0.886. The number of carbonyl (C=O) groups is 1. The first kappa shape index (κ1) is 17.2. The van der Waals surface area contributed by atoms with E-state index in [1.54, 1.807) is 4.90 Å². The van der Waals surface area contributed by atoms with E-state index >= 15 is 0 Å². The van der Waals surface area contributed by atoms with Crippen LogP contribution in [0.5, 0.6) is 0 Å². The van der Waals surface area contributed by atoms with Crippen molar-refractivity contribution in [3.63, 3.8) is 0 Å². The second-order valence-electron chi connectivity index (χ2n) is 7.36. The van der Waals surface area contributed by atoms with Crippen LogP contribution in [-0.2, 0) is 0 Å². The number of hydrogen-bond donors (Lipinski definition) is 2. The molecule has 1 aliphatic heterocycles. The fourth-order valence-electron chi connectivity index (χ4n) is 3.49. The number of pyridine rings is 1. The van der Waals surface area contributed by atoms with Crippen LogP contribution in [0.25, 0.3) is 11.0 Å². The first-order valence-electron chi connectivity index (χ1n) is 8.42. The van der Waals surface area contributed by atoms with E-state index in [1.165, 1.54) is 6.33 Å². The number of aromatic nitrogens is 3. The number of fused-ring (bicyclic) bond motifs is 1. The van der Waals surface area contributed by atoms with Crippen molar-refractivity contribution in [3.8, 4) is 0 Å². The molecule has 0 aromatic carbocycles. The zero-order valence-electron chi connectivity index (χ0n) is 14.8. The molecular weight excluding hydrogens is 320 g/mol. The third-order valence-corrected chi connectivity index (χ3v) is 4.51. The van der Waals surface area contributed by atoms with Gasteiger partial charge >= 0.3 is 6.09 Å². The van der Waals surface area contributed by atoms with Crippen LogP contribution in [0.1, 0.15) is 33.6 Å². The lowest BCUT2D eigenvalue weighted by molar-refractivity contribution is 0.0647. The summed E-state index contributed by atoms with van der Waals surface area (Å²) < 4.78 is 0. The van der Waals surface area contributed by atoms with Gasteiger partial charge in [0.1, 0.15) is 17.7 Å². The highest BCUT2D eigenvalue weighted by molar-refractivity contribution is 5.84. The molecule has 0 spiro atoms. The van der Waals surface area contributed by atoms with E-state index in [2.05, 4.69) is 19.9 Å². The quantitative estimate of drug-likeness (QED) is 0.860. The van der Waals surface area contributed by atoms with Crippen LogP contribution in [0.2, 0.25) is 0 Å². The summed E-state index contributed by atoms with van der Waals surface area (Å²) in [7, 11) is 0. The predicted octanol–water partition coefficient (Wildman–Crippen LogP) is 2.35. The van der Waals surface area contributed by atoms with Crippen molar-refractivity contribution in [2.75, 3.05) is 23.7 Å². The Balaban J connectivity index is 1.88. The van der Waals surface area contributed by atoms with E-state index in [0.717, 1.165) is 25.2 Å². The second-order valence-corrected chi connectivity index (χ2v) is 7.36. The monoisotopic (exact) mass is 344 g/mol. The summed E-state index contributed by atoms with van der Waals surface area (Å²) in [5, 5.41) is 9.65. The smallest absolute Gasteiger partial charge is 0.408 e. The number of piperidine rings is 1. The lowest BCUT2D eigenvalue weighted by Gasteiger charge is -2.44. The van der Waals surface area contributed by atoms with Gasteiger partial charge in [0.25, 0.3) is 0 Å². The van der Waals surface area contributed by atoms with Gasteiger partial charge in [-0.05, 0) is 45.7 Å². The van der Waals surface area contributed by atoms with Crippen molar-refractivity contribution >= 4 is 28.8 Å². The van der Waals surface area contributed by atoms with Crippen molar-refractivity contribution in [2.45, 2.75) is 45.2 Å². The summed E-state index contributed by atoms with van der Waals surface area (Å²) in [4.78, 5) is 28.2. The van der Waals surface area contributed by atoms with E-state index in [-0.39, 0.29) is 6.04 Å². The summed E-state index contributed by atoms with van der Waals surface area (Å²) in [6, 6.07) is 3.70. The summed E-state index contributed by atoms with van der Waals surface area (Å²) in [5.74, 6) is 1.13. The topological polar surface area (TPSA) is 108 Å². The molecule has 3 N–H and O–H groups in total. The minimum Gasteiger partial charge on any atom is -0.465 e. The van der Waals surface area contributed by atoms with Gasteiger partial charge in [-0.1, -0.05) is 0 Å². The Labute approximate surface area is 146 Å². The molecule has 1 fully saturated rings. The number of nitrogen functional groups attached to an aromatic ring is 1. The van der Waals surface area contributed by atoms with Crippen LogP contribution >= 0.6 is 0 Å². The number of amides is 1. The molecular formula is C17H24N6O2. The SMILES string of the molecule is CC(C)(C)N(C(=O)O)[C@H]1CCCN(c2ccc3ncnc(N)c3n2)C1. The van der Waals surface area contributed by atoms with Crippen LogP contribution in [0.4, 0.5) is 16.4 Å². The molecule has 0 bridgehead atoms. The van der Waals surface area contributed by atoms with E-state index in [4.69, 9.17) is 5.73 Å². The largest absolute Gasteiger partial charge is 0.465 e. The molecule has 8 heteroatoms. The highest BCUT2D eigenvalue weighted by Gasteiger charge is 2.36. The van der Waals surface area contributed by atoms with Crippen LogP contribution in [-0.4, -0.2) is 55.7 Å². The molecule has 2 aromatic heterocycles. The Morgan fingerprint density at radius 2 is 2.12 bits per heavy atom.